The number of benzene rings is 3. The summed E-state index contributed by atoms with van der Waals surface area (Å²) in [5.74, 6) is 0.860. The van der Waals surface area contributed by atoms with Gasteiger partial charge in [-0.2, -0.15) is 0 Å². The lowest BCUT2D eigenvalue weighted by molar-refractivity contribution is 0.419. The maximum absolute atomic E-state index is 5.60. The molecule has 4 aromatic rings. The number of hydrogen-bond donors (Lipinski definition) is 0. The lowest BCUT2D eigenvalue weighted by Gasteiger charge is -2.17. The molecule has 0 radical (unpaired) electrons. The van der Waals surface area contributed by atoms with Crippen LogP contribution in [-0.4, -0.2) is 12.1 Å². The number of pyridine rings is 1. The number of fused-ring (bicyclic) bond motifs is 1. The molecule has 2 nitrogen and oxygen atoms in total. The Labute approximate surface area is 147 Å². The molecule has 0 aliphatic rings. The highest BCUT2D eigenvalue weighted by Crippen LogP contribution is 2.40. The summed E-state index contributed by atoms with van der Waals surface area (Å²) in [5, 5.41) is 2.24. The highest BCUT2D eigenvalue weighted by Gasteiger charge is 2.17. The average molecular weight is 325 g/mol. The second-order valence-corrected chi connectivity index (χ2v) is 6.04. The normalized spacial score (nSPS) is 10.8. The van der Waals surface area contributed by atoms with Crippen molar-refractivity contribution >= 4 is 10.8 Å². The number of aryl methyl sites for hydroxylation is 1. The van der Waals surface area contributed by atoms with E-state index < -0.39 is 0 Å². The Morgan fingerprint density at radius 1 is 0.720 bits per heavy atom. The molecule has 0 spiro atoms. The first-order chi connectivity index (χ1) is 12.3. The zero-order valence-corrected chi connectivity index (χ0v) is 14.4. The lowest BCUT2D eigenvalue weighted by atomic mass is 9.93. The first-order valence-electron chi connectivity index (χ1n) is 8.37. The molecule has 2 heteroatoms. The molecule has 0 atom stereocenters. The van der Waals surface area contributed by atoms with E-state index >= 15 is 0 Å². The van der Waals surface area contributed by atoms with E-state index in [4.69, 9.17) is 9.72 Å². The Morgan fingerprint density at radius 3 is 2.00 bits per heavy atom. The third kappa shape index (κ3) is 2.66. The monoisotopic (exact) mass is 325 g/mol. The van der Waals surface area contributed by atoms with Gasteiger partial charge < -0.3 is 4.74 Å². The number of ether oxygens (including phenoxy) is 1. The Kier molecular flexibility index (Phi) is 3.95. The molecule has 122 valence electrons. The Morgan fingerprint density at radius 2 is 1.36 bits per heavy atom. The SMILES string of the molecule is COc1cccc2c(-c3ccccc3)c(-c3ccccc3)nc(C)c12. The summed E-state index contributed by atoms with van der Waals surface area (Å²) < 4.78 is 5.60. The second-order valence-electron chi connectivity index (χ2n) is 6.04. The Hall–Kier alpha value is -3.13. The molecule has 0 fully saturated rings. The van der Waals surface area contributed by atoms with Gasteiger partial charge in [0.15, 0.2) is 0 Å². The molecule has 0 bridgehead atoms. The van der Waals surface area contributed by atoms with Crippen molar-refractivity contribution in [1.29, 1.82) is 0 Å². The molecule has 1 aromatic heterocycles. The van der Waals surface area contributed by atoms with E-state index in [2.05, 4.69) is 54.6 Å². The van der Waals surface area contributed by atoms with Crippen molar-refractivity contribution in [2.75, 3.05) is 7.11 Å². The zero-order valence-electron chi connectivity index (χ0n) is 14.4. The van der Waals surface area contributed by atoms with E-state index in [1.165, 1.54) is 0 Å². The second kappa shape index (κ2) is 6.40. The van der Waals surface area contributed by atoms with Gasteiger partial charge in [0.2, 0.25) is 0 Å². The summed E-state index contributed by atoms with van der Waals surface area (Å²) in [4.78, 5) is 4.98. The van der Waals surface area contributed by atoms with Crippen LogP contribution >= 0.6 is 0 Å². The van der Waals surface area contributed by atoms with Gasteiger partial charge in [0.25, 0.3) is 0 Å². The zero-order chi connectivity index (χ0) is 17.2. The van der Waals surface area contributed by atoms with Crippen molar-refractivity contribution in [3.05, 3.63) is 84.6 Å². The van der Waals surface area contributed by atoms with Gasteiger partial charge >= 0.3 is 0 Å². The van der Waals surface area contributed by atoms with Crippen LogP contribution in [0, 0.1) is 6.92 Å². The molecule has 0 aliphatic heterocycles. The van der Waals surface area contributed by atoms with E-state index in [0.29, 0.717) is 0 Å². The van der Waals surface area contributed by atoms with Gasteiger partial charge in [0.1, 0.15) is 5.75 Å². The molecule has 4 rings (SSSR count). The predicted octanol–water partition coefficient (Wildman–Crippen LogP) is 5.89. The molecule has 0 amide bonds. The van der Waals surface area contributed by atoms with Crippen LogP contribution in [0.4, 0.5) is 0 Å². The number of methoxy groups -OCH3 is 1. The fourth-order valence-corrected chi connectivity index (χ4v) is 3.39. The summed E-state index contributed by atoms with van der Waals surface area (Å²) in [6, 6.07) is 27.0. The number of rotatable bonds is 3. The lowest BCUT2D eigenvalue weighted by Crippen LogP contribution is -1.97. The van der Waals surface area contributed by atoms with Crippen molar-refractivity contribution in [2.45, 2.75) is 6.92 Å². The smallest absolute Gasteiger partial charge is 0.128 e. The van der Waals surface area contributed by atoms with Crippen LogP contribution in [0.1, 0.15) is 5.69 Å². The highest BCUT2D eigenvalue weighted by atomic mass is 16.5. The minimum atomic E-state index is 0.860. The van der Waals surface area contributed by atoms with Gasteiger partial charge in [-0.25, -0.2) is 0 Å². The first-order valence-corrected chi connectivity index (χ1v) is 8.37. The maximum Gasteiger partial charge on any atom is 0.128 e. The van der Waals surface area contributed by atoms with E-state index in [-0.39, 0.29) is 0 Å². The van der Waals surface area contributed by atoms with Gasteiger partial charge in [-0.15, -0.1) is 0 Å². The Balaban J connectivity index is 2.16. The van der Waals surface area contributed by atoms with Gasteiger partial charge in [0, 0.05) is 22.2 Å². The van der Waals surface area contributed by atoms with Crippen molar-refractivity contribution in [1.82, 2.24) is 4.98 Å². The molecular weight excluding hydrogens is 306 g/mol. The van der Waals surface area contributed by atoms with Crippen molar-refractivity contribution < 1.29 is 4.74 Å². The van der Waals surface area contributed by atoms with Crippen molar-refractivity contribution in [3.8, 4) is 28.1 Å². The topological polar surface area (TPSA) is 22.1 Å². The quantitative estimate of drug-likeness (QED) is 0.469. The van der Waals surface area contributed by atoms with Crippen LogP contribution < -0.4 is 4.74 Å². The summed E-state index contributed by atoms with van der Waals surface area (Å²) in [5.41, 5.74) is 5.41. The van der Waals surface area contributed by atoms with Gasteiger partial charge in [-0.1, -0.05) is 72.8 Å². The molecule has 0 saturated carbocycles. The standard InChI is InChI=1S/C23H19NO/c1-16-21-19(14-9-15-20(21)25-2)22(17-10-5-3-6-11-17)23(24-16)18-12-7-4-8-13-18/h3-15H,1-2H3. The van der Waals surface area contributed by atoms with E-state index in [0.717, 1.165) is 44.6 Å². The van der Waals surface area contributed by atoms with Crippen LogP contribution in [0.3, 0.4) is 0 Å². The summed E-state index contributed by atoms with van der Waals surface area (Å²) in [6.45, 7) is 2.05. The fraction of sp³-hybridized carbons (Fsp3) is 0.0870. The molecule has 0 saturated heterocycles. The van der Waals surface area contributed by atoms with Crippen LogP contribution in [0.5, 0.6) is 5.75 Å². The highest BCUT2D eigenvalue weighted by molar-refractivity contribution is 6.05. The molecule has 0 aliphatic carbocycles. The number of hydrogen-bond acceptors (Lipinski definition) is 2. The molecule has 1 heterocycles. The summed E-state index contributed by atoms with van der Waals surface area (Å²) in [7, 11) is 1.71. The maximum atomic E-state index is 5.60. The Bertz CT molecular complexity index is 1020. The van der Waals surface area contributed by atoms with E-state index in [1.54, 1.807) is 7.11 Å². The number of aromatic nitrogens is 1. The fourth-order valence-electron chi connectivity index (χ4n) is 3.39. The summed E-state index contributed by atoms with van der Waals surface area (Å²) in [6.07, 6.45) is 0. The van der Waals surface area contributed by atoms with Gasteiger partial charge in [0.05, 0.1) is 12.8 Å². The van der Waals surface area contributed by atoms with Gasteiger partial charge in [-0.3, -0.25) is 4.98 Å². The first kappa shape index (κ1) is 15.4. The number of nitrogens with zero attached hydrogens (tertiary/aromatic N) is 1. The predicted molar refractivity (Wildman–Crippen MR) is 104 cm³/mol. The van der Waals surface area contributed by atoms with E-state index in [1.807, 2.05) is 31.2 Å². The molecule has 0 N–H and O–H groups in total. The van der Waals surface area contributed by atoms with Crippen LogP contribution in [0.25, 0.3) is 33.2 Å². The van der Waals surface area contributed by atoms with E-state index in [9.17, 15) is 0 Å². The van der Waals surface area contributed by atoms with Gasteiger partial charge in [-0.05, 0) is 23.9 Å². The third-order valence-electron chi connectivity index (χ3n) is 4.50. The average Bonchev–Trinajstić information content (AvgIpc) is 2.68. The van der Waals surface area contributed by atoms with Crippen LogP contribution in [0.15, 0.2) is 78.9 Å². The van der Waals surface area contributed by atoms with Crippen LogP contribution in [-0.2, 0) is 0 Å². The van der Waals surface area contributed by atoms with Crippen molar-refractivity contribution in [3.63, 3.8) is 0 Å². The van der Waals surface area contributed by atoms with Crippen molar-refractivity contribution in [2.24, 2.45) is 0 Å². The largest absolute Gasteiger partial charge is 0.496 e. The minimum absolute atomic E-state index is 0.860. The van der Waals surface area contributed by atoms with Crippen LogP contribution in [0.2, 0.25) is 0 Å². The molecule has 25 heavy (non-hydrogen) atoms. The third-order valence-corrected chi connectivity index (χ3v) is 4.50. The molecular formula is C23H19NO. The molecule has 3 aromatic carbocycles. The summed E-state index contributed by atoms with van der Waals surface area (Å²) >= 11 is 0. The minimum Gasteiger partial charge on any atom is -0.496 e. The molecule has 0 unspecified atom stereocenters.